The average Bonchev–Trinajstić information content (AvgIpc) is 2.14. The lowest BCUT2D eigenvalue weighted by molar-refractivity contribution is -0.142. The van der Waals surface area contributed by atoms with E-state index in [2.05, 4.69) is 0 Å². The summed E-state index contributed by atoms with van der Waals surface area (Å²) in [6.45, 7) is 7.14. The van der Waals surface area contributed by atoms with Crippen molar-refractivity contribution >= 4 is 5.97 Å². The number of hydrogen-bond donors (Lipinski definition) is 0. The van der Waals surface area contributed by atoms with Crippen LogP contribution in [0.5, 0.6) is 0 Å². The molecule has 0 saturated carbocycles. The molecule has 0 spiro atoms. The van der Waals surface area contributed by atoms with Crippen LogP contribution in [0.3, 0.4) is 0 Å². The van der Waals surface area contributed by atoms with Gasteiger partial charge in [-0.3, -0.25) is 4.79 Å². The molecule has 88 valence electrons. The minimum atomic E-state index is -0.402. The molecule has 0 aliphatic rings. The van der Waals surface area contributed by atoms with Crippen molar-refractivity contribution in [2.75, 3.05) is 0 Å². The van der Waals surface area contributed by atoms with Crippen molar-refractivity contribution < 1.29 is 13.9 Å². The molecule has 3 heteroatoms. The van der Waals surface area contributed by atoms with E-state index in [-0.39, 0.29) is 17.8 Å². The highest BCUT2D eigenvalue weighted by Crippen LogP contribution is 2.26. The lowest BCUT2D eigenvalue weighted by atomic mass is 9.85. The number of carbonyl (C=O) groups excluding carboxylic acids is 1. The van der Waals surface area contributed by atoms with Crippen molar-refractivity contribution in [3.8, 4) is 0 Å². The Morgan fingerprint density at radius 3 is 2.50 bits per heavy atom. The first-order valence-electron chi connectivity index (χ1n) is 5.23. The fraction of sp³-hybridized carbons (Fsp3) is 0.462. The standard InChI is InChI=1S/C13H17FO2/c1-9(15)16-8-10-6-5-7-11(12(10)14)13(2,3)4/h5-7H,8H2,1-4H3. The van der Waals surface area contributed by atoms with Crippen LogP contribution in [-0.4, -0.2) is 5.97 Å². The summed E-state index contributed by atoms with van der Waals surface area (Å²) in [5.41, 5.74) is 0.802. The van der Waals surface area contributed by atoms with Crippen molar-refractivity contribution in [2.24, 2.45) is 0 Å². The molecule has 0 aliphatic heterocycles. The Morgan fingerprint density at radius 1 is 1.38 bits per heavy atom. The maximum Gasteiger partial charge on any atom is 0.302 e. The van der Waals surface area contributed by atoms with Gasteiger partial charge in [-0.25, -0.2) is 4.39 Å². The minimum absolute atomic E-state index is 0.00884. The van der Waals surface area contributed by atoms with Gasteiger partial charge >= 0.3 is 5.97 Å². The second-order valence-corrected chi connectivity index (χ2v) is 4.81. The van der Waals surface area contributed by atoms with Crippen molar-refractivity contribution in [3.05, 3.63) is 35.1 Å². The molecule has 0 atom stereocenters. The first-order chi connectivity index (χ1) is 7.32. The zero-order chi connectivity index (χ0) is 12.3. The van der Waals surface area contributed by atoms with Gasteiger partial charge in [0.25, 0.3) is 0 Å². The highest BCUT2D eigenvalue weighted by Gasteiger charge is 2.20. The summed E-state index contributed by atoms with van der Waals surface area (Å²) in [6, 6.07) is 5.17. The number of rotatable bonds is 2. The maximum atomic E-state index is 14.0. The molecule has 0 aliphatic carbocycles. The molecule has 0 radical (unpaired) electrons. The Labute approximate surface area is 95.4 Å². The number of benzene rings is 1. The normalized spacial score (nSPS) is 11.3. The van der Waals surface area contributed by atoms with Gasteiger partial charge in [-0.1, -0.05) is 39.0 Å². The first kappa shape index (κ1) is 12.7. The summed E-state index contributed by atoms with van der Waals surface area (Å²) >= 11 is 0. The van der Waals surface area contributed by atoms with Crippen LogP contribution in [-0.2, 0) is 21.6 Å². The Hall–Kier alpha value is -1.38. The van der Waals surface area contributed by atoms with E-state index in [1.165, 1.54) is 6.92 Å². The monoisotopic (exact) mass is 224 g/mol. The van der Waals surface area contributed by atoms with Crippen LogP contribution in [0.2, 0.25) is 0 Å². The Balaban J connectivity index is 3.00. The second kappa shape index (κ2) is 4.64. The number of esters is 1. The summed E-state index contributed by atoms with van der Waals surface area (Å²) in [7, 11) is 0. The molecule has 0 saturated heterocycles. The SMILES string of the molecule is CC(=O)OCc1cccc(C(C)(C)C)c1F. The molecule has 0 unspecified atom stereocenters. The van der Waals surface area contributed by atoms with E-state index in [1.807, 2.05) is 20.8 Å². The molecule has 0 fully saturated rings. The maximum absolute atomic E-state index is 14.0. The van der Waals surface area contributed by atoms with Crippen molar-refractivity contribution in [2.45, 2.75) is 39.7 Å². The average molecular weight is 224 g/mol. The van der Waals surface area contributed by atoms with E-state index >= 15 is 0 Å². The summed E-state index contributed by atoms with van der Waals surface area (Å²) < 4.78 is 18.8. The van der Waals surface area contributed by atoms with E-state index in [9.17, 15) is 9.18 Å². The van der Waals surface area contributed by atoms with Gasteiger partial charge in [-0.05, 0) is 11.0 Å². The fourth-order valence-electron chi connectivity index (χ4n) is 1.45. The lowest BCUT2D eigenvalue weighted by Crippen LogP contribution is -2.15. The van der Waals surface area contributed by atoms with E-state index < -0.39 is 5.97 Å². The molecular weight excluding hydrogens is 207 g/mol. The highest BCUT2D eigenvalue weighted by atomic mass is 19.1. The summed E-state index contributed by atoms with van der Waals surface area (Å²) in [5.74, 6) is -0.684. The Kier molecular flexibility index (Phi) is 3.68. The van der Waals surface area contributed by atoms with Crippen molar-refractivity contribution in [1.82, 2.24) is 0 Å². The first-order valence-corrected chi connectivity index (χ1v) is 5.23. The van der Waals surface area contributed by atoms with Gasteiger partial charge in [0.1, 0.15) is 12.4 Å². The molecule has 1 aromatic carbocycles. The minimum Gasteiger partial charge on any atom is -0.461 e. The lowest BCUT2D eigenvalue weighted by Gasteiger charge is -2.21. The van der Waals surface area contributed by atoms with Crippen LogP contribution in [0.1, 0.15) is 38.8 Å². The molecule has 0 N–H and O–H groups in total. The third-order valence-corrected chi connectivity index (χ3v) is 2.32. The van der Waals surface area contributed by atoms with Crippen LogP contribution in [0.4, 0.5) is 4.39 Å². The summed E-state index contributed by atoms with van der Waals surface area (Å²) in [5, 5.41) is 0. The predicted molar refractivity (Wildman–Crippen MR) is 60.6 cm³/mol. The van der Waals surface area contributed by atoms with Gasteiger partial charge in [0, 0.05) is 12.5 Å². The molecule has 0 aromatic heterocycles. The van der Waals surface area contributed by atoms with Gasteiger partial charge in [0.15, 0.2) is 0 Å². The van der Waals surface area contributed by atoms with Crippen molar-refractivity contribution in [3.63, 3.8) is 0 Å². The zero-order valence-electron chi connectivity index (χ0n) is 10.1. The van der Waals surface area contributed by atoms with Gasteiger partial charge in [-0.15, -0.1) is 0 Å². The van der Waals surface area contributed by atoms with E-state index in [0.717, 1.165) is 0 Å². The quantitative estimate of drug-likeness (QED) is 0.721. The highest BCUT2D eigenvalue weighted by molar-refractivity contribution is 5.65. The molecule has 2 nitrogen and oxygen atoms in total. The fourth-order valence-corrected chi connectivity index (χ4v) is 1.45. The van der Waals surface area contributed by atoms with E-state index in [4.69, 9.17) is 4.74 Å². The summed E-state index contributed by atoms with van der Waals surface area (Å²) in [4.78, 5) is 10.7. The van der Waals surface area contributed by atoms with Crippen LogP contribution in [0, 0.1) is 5.82 Å². The molecule has 1 rings (SSSR count). The van der Waals surface area contributed by atoms with Crippen LogP contribution in [0.15, 0.2) is 18.2 Å². The van der Waals surface area contributed by atoms with Gasteiger partial charge < -0.3 is 4.74 Å². The molecule has 0 heterocycles. The van der Waals surface area contributed by atoms with E-state index in [1.54, 1.807) is 18.2 Å². The third kappa shape index (κ3) is 3.05. The van der Waals surface area contributed by atoms with Crippen LogP contribution >= 0.6 is 0 Å². The number of hydrogen-bond acceptors (Lipinski definition) is 2. The largest absolute Gasteiger partial charge is 0.461 e. The Morgan fingerprint density at radius 2 is 2.00 bits per heavy atom. The molecule has 1 aromatic rings. The molecule has 0 amide bonds. The van der Waals surface area contributed by atoms with Crippen LogP contribution < -0.4 is 0 Å². The number of halogens is 1. The zero-order valence-corrected chi connectivity index (χ0v) is 10.1. The molecule has 0 bridgehead atoms. The Bertz CT molecular complexity index is 391. The van der Waals surface area contributed by atoms with Gasteiger partial charge in [0.2, 0.25) is 0 Å². The summed E-state index contributed by atoms with van der Waals surface area (Å²) in [6.07, 6.45) is 0. The smallest absolute Gasteiger partial charge is 0.302 e. The second-order valence-electron chi connectivity index (χ2n) is 4.81. The van der Waals surface area contributed by atoms with Gasteiger partial charge in [-0.2, -0.15) is 0 Å². The molecule has 16 heavy (non-hydrogen) atoms. The number of carbonyl (C=O) groups is 1. The number of ether oxygens (including phenoxy) is 1. The van der Waals surface area contributed by atoms with Crippen LogP contribution in [0.25, 0.3) is 0 Å². The van der Waals surface area contributed by atoms with Gasteiger partial charge in [0.05, 0.1) is 0 Å². The predicted octanol–water partition coefficient (Wildman–Crippen LogP) is 3.19. The third-order valence-electron chi connectivity index (χ3n) is 2.32. The molecular formula is C13H17FO2. The van der Waals surface area contributed by atoms with E-state index in [0.29, 0.717) is 11.1 Å². The topological polar surface area (TPSA) is 26.3 Å². The van der Waals surface area contributed by atoms with Crippen molar-refractivity contribution in [1.29, 1.82) is 0 Å².